The molecule has 0 spiro atoms. The Morgan fingerprint density at radius 2 is 1.72 bits per heavy atom. The monoisotopic (exact) mass is 537 g/mol. The van der Waals surface area contributed by atoms with Crippen LogP contribution >= 0.6 is 0 Å². The van der Waals surface area contributed by atoms with E-state index in [0.717, 1.165) is 38.1 Å². The molecule has 5 atom stereocenters. The zero-order valence-corrected chi connectivity index (χ0v) is 22.2. The normalized spacial score (nSPS) is 23.7. The molecule has 0 bridgehead atoms. The maximum atomic E-state index is 13.7. The van der Waals surface area contributed by atoms with E-state index in [9.17, 15) is 18.0 Å². The molecule has 0 amide bonds. The van der Waals surface area contributed by atoms with Gasteiger partial charge in [-0.2, -0.15) is 13.2 Å². The predicted molar refractivity (Wildman–Crippen MR) is 144 cm³/mol. The van der Waals surface area contributed by atoms with Gasteiger partial charge in [-0.05, 0) is 92.6 Å². The van der Waals surface area contributed by atoms with Crippen molar-refractivity contribution in [3.05, 3.63) is 106 Å². The number of nitrogens with one attached hydrogen (secondary N) is 1. The zero-order chi connectivity index (χ0) is 27.6. The molecule has 1 saturated carbocycles. The van der Waals surface area contributed by atoms with E-state index in [4.69, 9.17) is 9.47 Å². The maximum absolute atomic E-state index is 13.7. The molecule has 39 heavy (non-hydrogen) atoms. The molecule has 7 heteroatoms. The summed E-state index contributed by atoms with van der Waals surface area (Å²) in [4.78, 5) is 12.8. The third kappa shape index (κ3) is 6.20. The van der Waals surface area contributed by atoms with E-state index in [1.54, 1.807) is 43.3 Å². The fourth-order valence-electron chi connectivity index (χ4n) is 6.26. The number of benzene rings is 3. The largest absolute Gasteiger partial charge is 0.459 e. The molecule has 0 unspecified atom stereocenters. The molecule has 1 saturated heterocycles. The molecule has 1 aliphatic heterocycles. The van der Waals surface area contributed by atoms with Gasteiger partial charge in [0.1, 0.15) is 12.7 Å². The number of ether oxygens (including phenoxy) is 2. The Labute approximate surface area is 227 Å². The molecule has 1 aliphatic carbocycles. The van der Waals surface area contributed by atoms with Gasteiger partial charge in [-0.3, -0.25) is 0 Å². The smallest absolute Gasteiger partial charge is 0.416 e. The van der Waals surface area contributed by atoms with Crippen LogP contribution in [0.25, 0.3) is 0 Å². The molecule has 2 aliphatic rings. The predicted octanol–water partition coefficient (Wildman–Crippen LogP) is 7.02. The van der Waals surface area contributed by atoms with E-state index >= 15 is 0 Å². The van der Waals surface area contributed by atoms with Gasteiger partial charge >= 0.3 is 12.1 Å². The summed E-state index contributed by atoms with van der Waals surface area (Å²) >= 11 is 0. The summed E-state index contributed by atoms with van der Waals surface area (Å²) < 4.78 is 53.6. The van der Waals surface area contributed by atoms with Crippen molar-refractivity contribution in [1.82, 2.24) is 5.32 Å². The van der Waals surface area contributed by atoms with Gasteiger partial charge in [0.2, 0.25) is 0 Å². The number of hydrogen-bond acceptors (Lipinski definition) is 4. The molecule has 5 rings (SSSR count). The number of esters is 1. The minimum Gasteiger partial charge on any atom is -0.459 e. The molecule has 3 aromatic rings. The second-order valence-electron chi connectivity index (χ2n) is 10.8. The fourth-order valence-corrected chi connectivity index (χ4v) is 6.26. The highest BCUT2D eigenvalue weighted by Crippen LogP contribution is 2.47. The molecule has 0 radical (unpaired) electrons. The minimum absolute atomic E-state index is 0.0826. The summed E-state index contributed by atoms with van der Waals surface area (Å²) in [5.74, 6) is 0.437. The van der Waals surface area contributed by atoms with Gasteiger partial charge in [-0.15, -0.1) is 0 Å². The molecular formula is C32H34F3NO3. The third-order valence-electron chi connectivity index (χ3n) is 8.14. The van der Waals surface area contributed by atoms with Crippen LogP contribution in [0.1, 0.15) is 63.0 Å². The van der Waals surface area contributed by atoms with Crippen molar-refractivity contribution in [1.29, 1.82) is 0 Å². The zero-order valence-electron chi connectivity index (χ0n) is 22.2. The summed E-state index contributed by atoms with van der Waals surface area (Å²) in [6.07, 6.45) is -3.82. The number of alkyl halides is 3. The van der Waals surface area contributed by atoms with Gasteiger partial charge < -0.3 is 14.8 Å². The van der Waals surface area contributed by atoms with Crippen LogP contribution in [-0.4, -0.2) is 31.8 Å². The van der Waals surface area contributed by atoms with E-state index in [1.807, 2.05) is 12.1 Å². The van der Waals surface area contributed by atoms with Crippen LogP contribution < -0.4 is 5.32 Å². The lowest BCUT2D eigenvalue weighted by atomic mass is 9.68. The van der Waals surface area contributed by atoms with Crippen LogP contribution in [0, 0.1) is 25.7 Å². The van der Waals surface area contributed by atoms with Crippen molar-refractivity contribution in [2.75, 3.05) is 19.7 Å². The Hall–Kier alpha value is -3.16. The minimum atomic E-state index is -4.50. The van der Waals surface area contributed by atoms with Gasteiger partial charge in [-0.25, -0.2) is 4.79 Å². The van der Waals surface area contributed by atoms with Crippen molar-refractivity contribution in [2.45, 2.75) is 51.0 Å². The summed E-state index contributed by atoms with van der Waals surface area (Å²) in [6, 6.07) is 20.8. The van der Waals surface area contributed by atoms with Gasteiger partial charge in [-0.1, -0.05) is 54.1 Å². The van der Waals surface area contributed by atoms with Crippen LogP contribution in [-0.2, 0) is 15.7 Å². The molecular weight excluding hydrogens is 503 g/mol. The molecule has 206 valence electrons. The Morgan fingerprint density at radius 3 is 2.46 bits per heavy atom. The second kappa shape index (κ2) is 11.5. The first-order valence-electron chi connectivity index (χ1n) is 13.5. The number of halogens is 3. The van der Waals surface area contributed by atoms with Gasteiger partial charge in [0.05, 0.1) is 17.2 Å². The van der Waals surface area contributed by atoms with Crippen LogP contribution in [0.4, 0.5) is 13.2 Å². The first-order chi connectivity index (χ1) is 18.7. The average Bonchev–Trinajstić information content (AvgIpc) is 3.40. The van der Waals surface area contributed by atoms with E-state index in [-0.39, 0.29) is 18.6 Å². The van der Waals surface area contributed by atoms with Crippen LogP contribution in [0.15, 0.2) is 72.8 Å². The standard InChI is InChI=1S/C32H34F3NO3/c1-20-14-24(16-25(15-20)32(33,34)35)29(19-38-31(37)22-9-4-3-5-10-22)39-28-13-12-23-17-36-18-27(23)30(28)26-11-7-6-8-21(26)2/h3-11,14-16,23,27-30,36H,12-13,17-19H2,1-2H3/t23-,27-,28+,29-,30+/m1/s1. The molecule has 0 aromatic heterocycles. The highest BCUT2D eigenvalue weighted by atomic mass is 19.4. The summed E-state index contributed by atoms with van der Waals surface area (Å²) in [6.45, 7) is 5.38. The van der Waals surface area contributed by atoms with E-state index in [2.05, 4.69) is 24.4 Å². The number of carbonyl (C=O) groups excluding carboxylic acids is 1. The van der Waals surface area contributed by atoms with E-state index < -0.39 is 23.8 Å². The SMILES string of the molecule is Cc1cc([C@@H](COC(=O)c2ccccc2)O[C@H]2CC[C@@H]3CNC[C@H]3[C@@H]2c2ccccc2C)cc(C(F)(F)F)c1. The highest BCUT2D eigenvalue weighted by Gasteiger charge is 2.44. The highest BCUT2D eigenvalue weighted by molar-refractivity contribution is 5.89. The van der Waals surface area contributed by atoms with Crippen LogP contribution in [0.5, 0.6) is 0 Å². The van der Waals surface area contributed by atoms with Gasteiger partial charge in [0, 0.05) is 5.92 Å². The third-order valence-corrected chi connectivity index (χ3v) is 8.14. The Balaban J connectivity index is 1.48. The van der Waals surface area contributed by atoms with Crippen LogP contribution in [0.2, 0.25) is 0 Å². The molecule has 2 fully saturated rings. The Bertz CT molecular complexity index is 1290. The fraction of sp³-hybridized carbons (Fsp3) is 0.406. The molecule has 4 nitrogen and oxygen atoms in total. The number of carbonyl (C=O) groups is 1. The van der Waals surface area contributed by atoms with Crippen molar-refractivity contribution in [3.63, 3.8) is 0 Å². The molecule has 1 N–H and O–H groups in total. The number of fused-ring (bicyclic) bond motifs is 1. The lowest BCUT2D eigenvalue weighted by Gasteiger charge is -2.42. The maximum Gasteiger partial charge on any atom is 0.416 e. The van der Waals surface area contributed by atoms with Gasteiger partial charge in [0.15, 0.2) is 0 Å². The van der Waals surface area contributed by atoms with Crippen molar-refractivity contribution in [2.24, 2.45) is 11.8 Å². The van der Waals surface area contributed by atoms with E-state index in [1.165, 1.54) is 11.1 Å². The lowest BCUT2D eigenvalue weighted by molar-refractivity contribution is -0.137. The van der Waals surface area contributed by atoms with Crippen molar-refractivity contribution >= 4 is 5.97 Å². The summed E-state index contributed by atoms with van der Waals surface area (Å²) in [5.41, 5.74) is 2.86. The van der Waals surface area contributed by atoms with Gasteiger partial charge in [0.25, 0.3) is 0 Å². The topological polar surface area (TPSA) is 47.6 Å². The quantitative estimate of drug-likeness (QED) is 0.329. The number of rotatable bonds is 7. The lowest BCUT2D eigenvalue weighted by Crippen LogP contribution is -2.39. The average molecular weight is 538 g/mol. The van der Waals surface area contributed by atoms with Crippen molar-refractivity contribution in [3.8, 4) is 0 Å². The molecule has 3 aromatic carbocycles. The van der Waals surface area contributed by atoms with E-state index in [0.29, 0.717) is 28.5 Å². The Kier molecular flexibility index (Phi) is 8.10. The summed E-state index contributed by atoms with van der Waals surface area (Å²) in [5, 5.41) is 3.53. The van der Waals surface area contributed by atoms with Crippen LogP contribution in [0.3, 0.4) is 0 Å². The number of aryl methyl sites for hydroxylation is 2. The Morgan fingerprint density at radius 1 is 0.974 bits per heavy atom. The van der Waals surface area contributed by atoms with Crippen molar-refractivity contribution < 1.29 is 27.4 Å². The first-order valence-corrected chi connectivity index (χ1v) is 13.5. The first kappa shape index (κ1) is 27.4. The number of hydrogen-bond donors (Lipinski definition) is 1. The molecule has 1 heterocycles. The second-order valence-corrected chi connectivity index (χ2v) is 10.8. The summed E-state index contributed by atoms with van der Waals surface area (Å²) in [7, 11) is 0.